The van der Waals surface area contributed by atoms with Gasteiger partial charge in [-0.25, -0.2) is 8.42 Å². The van der Waals surface area contributed by atoms with Gasteiger partial charge in [-0.1, -0.05) is 24.3 Å². The van der Waals surface area contributed by atoms with Crippen LogP contribution in [0.25, 0.3) is 0 Å². The molecule has 1 aliphatic heterocycles. The Morgan fingerprint density at radius 2 is 2.00 bits per heavy atom. The van der Waals surface area contributed by atoms with Crippen molar-refractivity contribution < 1.29 is 13.2 Å². The zero-order chi connectivity index (χ0) is 17.2. The van der Waals surface area contributed by atoms with E-state index in [1.54, 1.807) is 35.4 Å². The van der Waals surface area contributed by atoms with Gasteiger partial charge in [0.25, 0.3) is 0 Å². The normalized spacial score (nSPS) is 18.6. The van der Waals surface area contributed by atoms with Gasteiger partial charge >= 0.3 is 0 Å². The zero-order valence-corrected chi connectivity index (χ0v) is 14.2. The molecule has 0 unspecified atom stereocenters. The second kappa shape index (κ2) is 6.70. The van der Waals surface area contributed by atoms with Gasteiger partial charge in [-0.2, -0.15) is 4.72 Å². The first kappa shape index (κ1) is 16.6. The van der Waals surface area contributed by atoms with Crippen LogP contribution < -0.4 is 4.72 Å². The molecule has 24 heavy (non-hydrogen) atoms. The number of pyridine rings is 1. The van der Waals surface area contributed by atoms with Crippen molar-refractivity contribution in [3.63, 3.8) is 0 Å². The van der Waals surface area contributed by atoms with E-state index in [0.29, 0.717) is 25.1 Å². The van der Waals surface area contributed by atoms with Crippen molar-refractivity contribution in [1.82, 2.24) is 14.6 Å². The average Bonchev–Trinajstić information content (AvgIpc) is 2.59. The maximum Gasteiger partial charge on any atom is 0.241 e. The van der Waals surface area contributed by atoms with Crippen LogP contribution >= 0.6 is 0 Å². The Balaban J connectivity index is 1.82. The Morgan fingerprint density at radius 3 is 2.71 bits per heavy atom. The number of hydrogen-bond donors (Lipinski definition) is 1. The maximum atomic E-state index is 12.8. The number of carbonyl (C=O) groups excluding carboxylic acids is 1. The minimum absolute atomic E-state index is 0.235. The van der Waals surface area contributed by atoms with Gasteiger partial charge in [-0.05, 0) is 37.1 Å². The molecule has 2 aromatic rings. The van der Waals surface area contributed by atoms with Gasteiger partial charge in [0.2, 0.25) is 15.9 Å². The van der Waals surface area contributed by atoms with Crippen LogP contribution in [0.15, 0.2) is 53.6 Å². The molecule has 3 rings (SSSR count). The van der Waals surface area contributed by atoms with Gasteiger partial charge in [0.1, 0.15) is 6.04 Å². The van der Waals surface area contributed by atoms with E-state index >= 15 is 0 Å². The minimum atomic E-state index is -3.66. The Hall–Kier alpha value is -2.25. The highest BCUT2D eigenvalue weighted by Crippen LogP contribution is 2.23. The number of likely N-dealkylation sites (N-methyl/N-ethyl adjacent to an activating group) is 1. The van der Waals surface area contributed by atoms with E-state index in [1.165, 1.54) is 0 Å². The fourth-order valence-electron chi connectivity index (χ4n) is 2.84. The predicted octanol–water partition coefficient (Wildman–Crippen LogP) is 1.33. The van der Waals surface area contributed by atoms with E-state index < -0.39 is 16.1 Å². The van der Waals surface area contributed by atoms with Crippen LogP contribution in [0.1, 0.15) is 18.2 Å². The quantitative estimate of drug-likeness (QED) is 0.907. The molecule has 1 N–H and O–H groups in total. The molecule has 0 fully saturated rings. The molecule has 0 bridgehead atoms. The summed E-state index contributed by atoms with van der Waals surface area (Å²) in [4.78, 5) is 18.9. The summed E-state index contributed by atoms with van der Waals surface area (Å²) in [7, 11) is -3.66. The lowest BCUT2D eigenvalue weighted by molar-refractivity contribution is -0.133. The molecule has 1 atom stereocenters. The van der Waals surface area contributed by atoms with E-state index in [-0.39, 0.29) is 10.8 Å². The van der Waals surface area contributed by atoms with E-state index in [2.05, 4.69) is 9.71 Å². The molecule has 0 spiro atoms. The molecule has 0 radical (unpaired) electrons. The van der Waals surface area contributed by atoms with Gasteiger partial charge in [-0.15, -0.1) is 0 Å². The monoisotopic (exact) mass is 345 g/mol. The predicted molar refractivity (Wildman–Crippen MR) is 89.6 cm³/mol. The lowest BCUT2D eigenvalue weighted by Gasteiger charge is -2.30. The number of carbonyl (C=O) groups is 1. The van der Waals surface area contributed by atoms with Crippen LogP contribution in [0.3, 0.4) is 0 Å². The van der Waals surface area contributed by atoms with Crippen molar-refractivity contribution in [2.24, 2.45) is 0 Å². The van der Waals surface area contributed by atoms with E-state index in [0.717, 1.165) is 5.69 Å². The van der Waals surface area contributed by atoms with E-state index in [9.17, 15) is 13.2 Å². The third-order valence-corrected chi connectivity index (χ3v) is 5.63. The molecule has 1 aromatic heterocycles. The minimum Gasteiger partial charge on any atom is -0.336 e. The number of benzene rings is 1. The summed E-state index contributed by atoms with van der Waals surface area (Å²) in [5, 5.41) is 0. The van der Waals surface area contributed by atoms with E-state index in [1.807, 2.05) is 25.1 Å². The number of fused-ring (bicyclic) bond motifs is 1. The van der Waals surface area contributed by atoms with Crippen LogP contribution in [0.5, 0.6) is 0 Å². The molecule has 2 heterocycles. The number of nitrogens with zero attached hydrogens (tertiary/aromatic N) is 2. The van der Waals surface area contributed by atoms with E-state index in [4.69, 9.17) is 0 Å². The van der Waals surface area contributed by atoms with Gasteiger partial charge in [0, 0.05) is 12.7 Å². The number of hydrogen-bond acceptors (Lipinski definition) is 4. The number of sulfonamides is 1. The zero-order valence-electron chi connectivity index (χ0n) is 13.3. The summed E-state index contributed by atoms with van der Waals surface area (Å²) in [6, 6.07) is 11.5. The Kier molecular flexibility index (Phi) is 4.64. The largest absolute Gasteiger partial charge is 0.336 e. The molecule has 0 aliphatic carbocycles. The van der Waals surface area contributed by atoms with Crippen molar-refractivity contribution in [2.45, 2.75) is 30.8 Å². The van der Waals surface area contributed by atoms with Crippen LogP contribution in [0.2, 0.25) is 0 Å². The van der Waals surface area contributed by atoms with Crippen LogP contribution in [0, 0.1) is 0 Å². The van der Waals surface area contributed by atoms with Crippen molar-refractivity contribution in [2.75, 3.05) is 6.54 Å². The summed E-state index contributed by atoms with van der Waals surface area (Å²) in [5.74, 6) is -0.235. The highest BCUT2D eigenvalue weighted by atomic mass is 32.2. The summed E-state index contributed by atoms with van der Waals surface area (Å²) < 4.78 is 27.2. The molecular weight excluding hydrogens is 326 g/mol. The SMILES string of the molecule is CCN(Cc1ccccn1)C(=O)[C@@H]1Cc2ccccc2S(=O)(=O)N1. The third-order valence-electron chi connectivity index (χ3n) is 4.05. The number of nitrogens with one attached hydrogen (secondary N) is 1. The van der Waals surface area contributed by atoms with Gasteiger partial charge in [-0.3, -0.25) is 9.78 Å². The second-order valence-electron chi connectivity index (χ2n) is 5.66. The molecule has 1 aromatic carbocycles. The van der Waals surface area contributed by atoms with Gasteiger partial charge in [0.15, 0.2) is 0 Å². The Morgan fingerprint density at radius 1 is 1.25 bits per heavy atom. The molecule has 0 saturated carbocycles. The van der Waals surface area contributed by atoms with Gasteiger partial charge in [0.05, 0.1) is 17.1 Å². The van der Waals surface area contributed by atoms with Crippen molar-refractivity contribution in [1.29, 1.82) is 0 Å². The van der Waals surface area contributed by atoms with Crippen molar-refractivity contribution in [3.8, 4) is 0 Å². The standard InChI is InChI=1S/C17H19N3O3S/c1-2-20(12-14-8-5-6-10-18-14)17(21)15-11-13-7-3-4-9-16(13)24(22,23)19-15/h3-10,15,19H,2,11-12H2,1H3/t15-/m0/s1. The highest BCUT2D eigenvalue weighted by molar-refractivity contribution is 7.89. The van der Waals surface area contributed by atoms with Crippen LogP contribution in [0.4, 0.5) is 0 Å². The maximum absolute atomic E-state index is 12.8. The first-order valence-corrected chi connectivity index (χ1v) is 9.28. The molecule has 0 saturated heterocycles. The Bertz CT molecular complexity index is 837. The fraction of sp³-hybridized carbons (Fsp3) is 0.294. The Labute approximate surface area is 141 Å². The summed E-state index contributed by atoms with van der Waals surface area (Å²) in [5.41, 5.74) is 1.44. The first-order valence-electron chi connectivity index (χ1n) is 7.80. The average molecular weight is 345 g/mol. The topological polar surface area (TPSA) is 79.4 Å². The highest BCUT2D eigenvalue weighted by Gasteiger charge is 2.35. The van der Waals surface area contributed by atoms with Gasteiger partial charge < -0.3 is 4.90 Å². The lowest BCUT2D eigenvalue weighted by Crippen LogP contribution is -2.51. The summed E-state index contributed by atoms with van der Waals surface area (Å²) in [6.07, 6.45) is 2.03. The first-order chi connectivity index (χ1) is 11.5. The van der Waals surface area contributed by atoms with Crippen molar-refractivity contribution in [3.05, 3.63) is 59.9 Å². The molecular formula is C17H19N3O3S. The number of aromatic nitrogens is 1. The number of rotatable bonds is 4. The molecule has 7 heteroatoms. The third kappa shape index (κ3) is 3.32. The van der Waals surface area contributed by atoms with Crippen molar-refractivity contribution >= 4 is 15.9 Å². The second-order valence-corrected chi connectivity index (χ2v) is 7.34. The van der Waals surface area contributed by atoms with Crippen LogP contribution in [-0.4, -0.2) is 36.8 Å². The lowest BCUT2D eigenvalue weighted by atomic mass is 10.0. The molecule has 1 amide bonds. The van der Waals surface area contributed by atoms with Crippen LogP contribution in [-0.2, 0) is 27.8 Å². The summed E-state index contributed by atoms with van der Waals surface area (Å²) >= 11 is 0. The fourth-order valence-corrected chi connectivity index (χ4v) is 4.28. The molecule has 126 valence electrons. The molecule has 1 aliphatic rings. The number of amides is 1. The molecule has 6 nitrogen and oxygen atoms in total. The smallest absolute Gasteiger partial charge is 0.241 e. The summed E-state index contributed by atoms with van der Waals surface area (Å²) in [6.45, 7) is 2.71.